The number of carbonyl (C=O) groups is 3. The lowest BCUT2D eigenvalue weighted by Crippen LogP contribution is -2.59. The molecule has 3 fully saturated rings. The van der Waals surface area contributed by atoms with Crippen LogP contribution >= 0.6 is 0 Å². The van der Waals surface area contributed by atoms with Crippen LogP contribution in [0.1, 0.15) is 44.9 Å². The number of ether oxygens (including phenoxy) is 1. The molecule has 3 atom stereocenters. The molecule has 2 bridgehead atoms. The number of nitrogens with one attached hydrogen (secondary N) is 1. The minimum Gasteiger partial charge on any atom is -0.482 e. The van der Waals surface area contributed by atoms with Crippen LogP contribution in [-0.2, 0) is 9.59 Å². The Morgan fingerprint density at radius 1 is 1.10 bits per heavy atom. The van der Waals surface area contributed by atoms with Crippen molar-refractivity contribution in [1.29, 1.82) is 0 Å². The molecule has 0 aromatic heterocycles. The Balaban J connectivity index is 1.64. The molecule has 9 heteroatoms. The number of urea groups is 1. The lowest BCUT2D eigenvalue weighted by atomic mass is 9.83. The Labute approximate surface area is 181 Å². The summed E-state index contributed by atoms with van der Waals surface area (Å²) in [4.78, 5) is 39.5. The number of aliphatic carboxylic acids is 2. The van der Waals surface area contributed by atoms with Crippen molar-refractivity contribution in [3.63, 3.8) is 0 Å². The minimum absolute atomic E-state index is 0.0613. The number of rotatable bonds is 6. The van der Waals surface area contributed by atoms with Gasteiger partial charge in [-0.05, 0) is 50.7 Å². The molecule has 2 amide bonds. The second kappa shape index (κ2) is 9.13. The number of hydrogen-bond acceptors (Lipinski definition) is 5. The van der Waals surface area contributed by atoms with E-state index in [1.807, 2.05) is 0 Å². The quantitative estimate of drug-likeness (QED) is 0.632. The maximum atomic E-state index is 13.7. The van der Waals surface area contributed by atoms with Crippen LogP contribution in [0.2, 0.25) is 0 Å². The predicted molar refractivity (Wildman–Crippen MR) is 112 cm³/mol. The number of nitrogens with zero attached hydrogens (tertiary/aromatic N) is 2. The van der Waals surface area contributed by atoms with Gasteiger partial charge in [0.1, 0.15) is 11.8 Å². The zero-order valence-corrected chi connectivity index (χ0v) is 17.4. The van der Waals surface area contributed by atoms with E-state index in [0.29, 0.717) is 42.9 Å². The normalized spacial score (nSPS) is 27.5. The van der Waals surface area contributed by atoms with E-state index in [-0.39, 0.29) is 12.1 Å². The molecular weight excluding hydrogens is 402 g/mol. The van der Waals surface area contributed by atoms with E-state index < -0.39 is 24.6 Å². The Morgan fingerprint density at radius 2 is 1.84 bits per heavy atom. The molecule has 1 aromatic carbocycles. The molecule has 1 aromatic rings. The van der Waals surface area contributed by atoms with Crippen LogP contribution in [0.25, 0.3) is 0 Å². The molecule has 3 aliphatic rings. The average molecular weight is 431 g/mol. The van der Waals surface area contributed by atoms with E-state index in [4.69, 9.17) is 9.84 Å². The third-order valence-electron chi connectivity index (χ3n) is 6.50. The highest BCUT2D eigenvalue weighted by Gasteiger charge is 2.42. The van der Waals surface area contributed by atoms with Gasteiger partial charge < -0.3 is 25.2 Å². The van der Waals surface area contributed by atoms with Crippen LogP contribution in [0, 0.1) is 0 Å². The number of piperidine rings is 2. The van der Waals surface area contributed by atoms with Crippen molar-refractivity contribution >= 4 is 23.7 Å². The Morgan fingerprint density at radius 3 is 2.52 bits per heavy atom. The number of benzene rings is 1. The van der Waals surface area contributed by atoms with Gasteiger partial charge >= 0.3 is 18.0 Å². The molecule has 3 N–H and O–H groups in total. The zero-order chi connectivity index (χ0) is 22.0. The highest BCUT2D eigenvalue weighted by molar-refractivity contribution is 5.95. The summed E-state index contributed by atoms with van der Waals surface area (Å²) in [5.74, 6) is -1.69. The maximum absolute atomic E-state index is 13.7. The molecule has 0 radical (unpaired) electrons. The molecule has 4 rings (SSSR count). The van der Waals surface area contributed by atoms with Gasteiger partial charge in [0.05, 0.1) is 0 Å². The van der Waals surface area contributed by atoms with Gasteiger partial charge in [0, 0.05) is 36.4 Å². The summed E-state index contributed by atoms with van der Waals surface area (Å²) in [6.07, 6.45) is 6.03. The topological polar surface area (TPSA) is 119 Å². The number of amides is 2. The molecule has 0 unspecified atom stereocenters. The van der Waals surface area contributed by atoms with E-state index >= 15 is 0 Å². The van der Waals surface area contributed by atoms with Crippen molar-refractivity contribution in [3.05, 3.63) is 24.3 Å². The van der Waals surface area contributed by atoms with Gasteiger partial charge in [-0.1, -0.05) is 12.5 Å². The van der Waals surface area contributed by atoms with Crippen molar-refractivity contribution in [2.24, 2.45) is 0 Å². The first-order valence-corrected chi connectivity index (χ1v) is 11.0. The van der Waals surface area contributed by atoms with Crippen LogP contribution < -0.4 is 15.0 Å². The molecule has 3 saturated heterocycles. The van der Waals surface area contributed by atoms with Crippen LogP contribution in [0.4, 0.5) is 10.5 Å². The third-order valence-corrected chi connectivity index (χ3v) is 6.50. The van der Waals surface area contributed by atoms with E-state index in [1.165, 1.54) is 11.3 Å². The smallest absolute Gasteiger partial charge is 0.341 e. The van der Waals surface area contributed by atoms with Crippen molar-refractivity contribution in [2.75, 3.05) is 18.1 Å². The average Bonchev–Trinajstić information content (AvgIpc) is 3.23. The molecule has 9 nitrogen and oxygen atoms in total. The zero-order valence-electron chi connectivity index (χ0n) is 17.4. The lowest BCUT2D eigenvalue weighted by molar-refractivity contribution is -0.141. The van der Waals surface area contributed by atoms with Crippen LogP contribution in [0.15, 0.2) is 24.3 Å². The number of likely N-dealkylation sites (tertiary alicyclic amines) is 1. The first kappa shape index (κ1) is 21.4. The van der Waals surface area contributed by atoms with E-state index in [2.05, 4.69) is 5.32 Å². The van der Waals surface area contributed by atoms with E-state index in [1.54, 1.807) is 29.2 Å². The second-order valence-electron chi connectivity index (χ2n) is 8.64. The van der Waals surface area contributed by atoms with Gasteiger partial charge in [-0.3, -0.25) is 4.90 Å². The maximum Gasteiger partial charge on any atom is 0.341 e. The van der Waals surface area contributed by atoms with Crippen LogP contribution in [0.5, 0.6) is 5.75 Å². The van der Waals surface area contributed by atoms with Crippen LogP contribution in [0.3, 0.4) is 0 Å². The predicted octanol–water partition coefficient (Wildman–Crippen LogP) is 2.30. The van der Waals surface area contributed by atoms with Gasteiger partial charge in [0.25, 0.3) is 0 Å². The van der Waals surface area contributed by atoms with Gasteiger partial charge in [-0.25, -0.2) is 14.4 Å². The number of carboxylic acid groups (broad SMARTS) is 2. The summed E-state index contributed by atoms with van der Waals surface area (Å²) < 4.78 is 5.33. The Bertz CT molecular complexity index is 834. The molecular formula is C22H29N3O6. The third kappa shape index (κ3) is 4.76. The van der Waals surface area contributed by atoms with Gasteiger partial charge in [0.2, 0.25) is 0 Å². The summed E-state index contributed by atoms with van der Waals surface area (Å²) in [5.41, 5.74) is 0.605. The van der Waals surface area contributed by atoms with Crippen molar-refractivity contribution in [1.82, 2.24) is 10.2 Å². The molecule has 0 aliphatic carbocycles. The number of carbonyl (C=O) groups excluding carboxylic acids is 1. The second-order valence-corrected chi connectivity index (χ2v) is 8.64. The number of anilines is 1. The van der Waals surface area contributed by atoms with Crippen molar-refractivity contribution in [2.45, 2.75) is 69.1 Å². The number of carboxylic acids is 2. The Hall–Kier alpha value is -2.81. The number of fused-ring (bicyclic) bond motifs is 2. The summed E-state index contributed by atoms with van der Waals surface area (Å²) >= 11 is 0. The first-order valence-electron chi connectivity index (χ1n) is 11.0. The molecule has 31 heavy (non-hydrogen) atoms. The minimum atomic E-state index is -1.08. The standard InChI is InChI=1S/C22H29N3O6/c26-20(27)13-31-18-7-2-6-16(12-18)25(17-10-14-4-1-5-15(11-17)23-14)22(30)24-9-3-8-19(24)21(28)29/h2,6-7,12,14-15,17,19,23H,1,3-5,8-11,13H2,(H,26,27)(H,28,29)/t14-,15-,19+/m0/s1. The van der Waals surface area contributed by atoms with E-state index in [0.717, 1.165) is 25.7 Å². The highest BCUT2D eigenvalue weighted by atomic mass is 16.5. The molecule has 0 spiro atoms. The summed E-state index contributed by atoms with van der Waals surface area (Å²) in [6.45, 7) is -0.0541. The summed E-state index contributed by atoms with van der Waals surface area (Å²) in [5, 5.41) is 22.1. The lowest BCUT2D eigenvalue weighted by Gasteiger charge is -2.45. The fourth-order valence-corrected chi connectivity index (χ4v) is 5.18. The first-order chi connectivity index (χ1) is 14.9. The van der Waals surface area contributed by atoms with Crippen molar-refractivity contribution < 1.29 is 29.3 Å². The van der Waals surface area contributed by atoms with Gasteiger partial charge in [0.15, 0.2) is 6.61 Å². The molecule has 0 saturated carbocycles. The van der Waals surface area contributed by atoms with Crippen molar-refractivity contribution in [3.8, 4) is 5.75 Å². The van der Waals surface area contributed by atoms with Gasteiger partial charge in [-0.2, -0.15) is 0 Å². The van der Waals surface area contributed by atoms with Gasteiger partial charge in [-0.15, -0.1) is 0 Å². The summed E-state index contributed by atoms with van der Waals surface area (Å²) in [6, 6.07) is 6.36. The monoisotopic (exact) mass is 431 g/mol. The SMILES string of the molecule is O=C(O)COc1cccc(N(C(=O)N2CCC[C@@H]2C(=O)O)C2C[C@@H]3CCC[C@@H](C2)N3)c1. The number of hydrogen-bond donors (Lipinski definition) is 3. The largest absolute Gasteiger partial charge is 0.482 e. The highest BCUT2D eigenvalue weighted by Crippen LogP contribution is 2.34. The summed E-state index contributed by atoms with van der Waals surface area (Å²) in [7, 11) is 0. The Kier molecular flexibility index (Phi) is 6.31. The fraction of sp³-hybridized carbons (Fsp3) is 0.591. The van der Waals surface area contributed by atoms with E-state index in [9.17, 15) is 19.5 Å². The molecule has 168 valence electrons. The van der Waals surface area contributed by atoms with Crippen LogP contribution in [-0.4, -0.2) is 70.4 Å². The molecule has 3 aliphatic heterocycles. The fourth-order valence-electron chi connectivity index (χ4n) is 5.18. The molecule has 3 heterocycles.